The number of hydrogen-bond acceptors (Lipinski definition) is 2. The Hall–Kier alpha value is -2.49. The van der Waals surface area contributed by atoms with Crippen molar-refractivity contribution in [1.82, 2.24) is 0 Å². The van der Waals surface area contributed by atoms with Crippen molar-refractivity contribution >= 4 is 11.6 Å². The van der Waals surface area contributed by atoms with Crippen LogP contribution in [-0.2, 0) is 0 Å². The van der Waals surface area contributed by atoms with Crippen LogP contribution in [0.25, 0.3) is 0 Å². The molecular formula is C16H19N3O. The van der Waals surface area contributed by atoms with Gasteiger partial charge >= 0.3 is 0 Å². The van der Waals surface area contributed by atoms with Crippen molar-refractivity contribution in [3.63, 3.8) is 0 Å². The van der Waals surface area contributed by atoms with E-state index < -0.39 is 0 Å². The molecule has 0 aliphatic rings. The van der Waals surface area contributed by atoms with Gasteiger partial charge in [0.05, 0.1) is 0 Å². The molecule has 0 heterocycles. The number of aliphatic imine (C=N–C) groups is 1. The summed E-state index contributed by atoms with van der Waals surface area (Å²) < 4.78 is 5.76. The number of hydrogen-bond donors (Lipinski definition) is 2. The summed E-state index contributed by atoms with van der Waals surface area (Å²) in [7, 11) is 0. The predicted molar refractivity (Wildman–Crippen MR) is 83.3 cm³/mol. The Labute approximate surface area is 119 Å². The molecule has 0 unspecified atom stereocenters. The highest BCUT2D eigenvalue weighted by Gasteiger charge is 2.00. The van der Waals surface area contributed by atoms with Crippen LogP contribution in [0, 0.1) is 0 Å². The molecule has 0 amide bonds. The molecule has 0 saturated heterocycles. The monoisotopic (exact) mass is 269 g/mol. The lowest BCUT2D eigenvalue weighted by Crippen LogP contribution is -2.23. The van der Waals surface area contributed by atoms with E-state index in [0.717, 1.165) is 17.2 Å². The molecule has 4 heteroatoms. The third-order valence-electron chi connectivity index (χ3n) is 2.48. The van der Waals surface area contributed by atoms with Crippen LogP contribution >= 0.6 is 0 Å². The Kier molecular flexibility index (Phi) is 4.60. The SMILES string of the molecule is CC(C)N=C(N)Nc1cccc(Oc2ccccc2)c1. The predicted octanol–water partition coefficient (Wildman–Crippen LogP) is 3.61. The molecule has 3 N–H and O–H groups in total. The lowest BCUT2D eigenvalue weighted by Gasteiger charge is -2.09. The van der Waals surface area contributed by atoms with Crippen LogP contribution in [0.2, 0.25) is 0 Å². The second kappa shape index (κ2) is 6.61. The number of ether oxygens (including phenoxy) is 1. The highest BCUT2D eigenvalue weighted by molar-refractivity contribution is 5.92. The van der Waals surface area contributed by atoms with E-state index in [2.05, 4.69) is 10.3 Å². The molecular weight excluding hydrogens is 250 g/mol. The molecule has 0 aliphatic carbocycles. The number of benzene rings is 2. The summed E-state index contributed by atoms with van der Waals surface area (Å²) in [5, 5.41) is 3.05. The van der Waals surface area contributed by atoms with Crippen molar-refractivity contribution in [1.29, 1.82) is 0 Å². The standard InChI is InChI=1S/C16H19N3O/c1-12(2)18-16(17)19-13-7-6-10-15(11-13)20-14-8-4-3-5-9-14/h3-12H,1-2H3,(H3,17,18,19). The van der Waals surface area contributed by atoms with Crippen LogP contribution in [-0.4, -0.2) is 12.0 Å². The first kappa shape index (κ1) is 13.9. The van der Waals surface area contributed by atoms with Crippen molar-refractivity contribution < 1.29 is 4.74 Å². The zero-order valence-corrected chi connectivity index (χ0v) is 11.7. The Morgan fingerprint density at radius 1 is 1.05 bits per heavy atom. The van der Waals surface area contributed by atoms with Gasteiger partial charge in [0.2, 0.25) is 0 Å². The van der Waals surface area contributed by atoms with Crippen LogP contribution in [0.4, 0.5) is 5.69 Å². The van der Waals surface area contributed by atoms with Gasteiger partial charge in [0.15, 0.2) is 5.96 Å². The Balaban J connectivity index is 2.08. The van der Waals surface area contributed by atoms with Gasteiger partial charge in [-0.3, -0.25) is 4.99 Å². The molecule has 0 bridgehead atoms. The minimum atomic E-state index is 0.159. The summed E-state index contributed by atoms with van der Waals surface area (Å²) in [5.74, 6) is 1.95. The van der Waals surface area contributed by atoms with E-state index in [0.29, 0.717) is 5.96 Å². The molecule has 0 radical (unpaired) electrons. The van der Waals surface area contributed by atoms with E-state index in [-0.39, 0.29) is 6.04 Å². The van der Waals surface area contributed by atoms with Gasteiger partial charge in [-0.05, 0) is 38.1 Å². The highest BCUT2D eigenvalue weighted by atomic mass is 16.5. The summed E-state index contributed by atoms with van der Waals surface area (Å²) >= 11 is 0. The Bertz CT molecular complexity index is 579. The summed E-state index contributed by atoms with van der Waals surface area (Å²) in [6.45, 7) is 3.95. The first-order chi connectivity index (χ1) is 9.63. The number of rotatable bonds is 4. The Morgan fingerprint density at radius 3 is 2.45 bits per heavy atom. The molecule has 2 rings (SSSR count). The summed E-state index contributed by atoms with van der Waals surface area (Å²) in [5.41, 5.74) is 6.65. The van der Waals surface area contributed by atoms with E-state index in [9.17, 15) is 0 Å². The van der Waals surface area contributed by atoms with Crippen LogP contribution in [0.3, 0.4) is 0 Å². The maximum Gasteiger partial charge on any atom is 0.193 e. The van der Waals surface area contributed by atoms with Crippen molar-refractivity contribution in [3.05, 3.63) is 54.6 Å². The normalized spacial score (nSPS) is 11.4. The fourth-order valence-electron chi connectivity index (χ4n) is 1.72. The summed E-state index contributed by atoms with van der Waals surface area (Å²) in [6, 6.07) is 17.4. The number of para-hydroxylation sites is 1. The van der Waals surface area contributed by atoms with Crippen LogP contribution in [0.5, 0.6) is 11.5 Å². The zero-order valence-electron chi connectivity index (χ0n) is 11.7. The third kappa shape index (κ3) is 4.31. The highest BCUT2D eigenvalue weighted by Crippen LogP contribution is 2.23. The average molecular weight is 269 g/mol. The molecule has 0 fully saturated rings. The fraction of sp³-hybridized carbons (Fsp3) is 0.188. The van der Waals surface area contributed by atoms with Gasteiger partial charge in [0.25, 0.3) is 0 Å². The van der Waals surface area contributed by atoms with Gasteiger partial charge < -0.3 is 15.8 Å². The first-order valence-electron chi connectivity index (χ1n) is 6.57. The van der Waals surface area contributed by atoms with Crippen LogP contribution in [0.15, 0.2) is 59.6 Å². The van der Waals surface area contributed by atoms with Crippen molar-refractivity contribution in [2.45, 2.75) is 19.9 Å². The third-order valence-corrected chi connectivity index (χ3v) is 2.48. The molecule has 0 spiro atoms. The number of nitrogens with one attached hydrogen (secondary N) is 1. The summed E-state index contributed by atoms with van der Waals surface area (Å²) in [4.78, 5) is 4.23. The van der Waals surface area contributed by atoms with Crippen molar-refractivity contribution in [2.75, 3.05) is 5.32 Å². The number of nitrogens with zero attached hydrogens (tertiary/aromatic N) is 1. The topological polar surface area (TPSA) is 59.6 Å². The van der Waals surface area contributed by atoms with Crippen molar-refractivity contribution in [2.24, 2.45) is 10.7 Å². The number of anilines is 1. The number of nitrogens with two attached hydrogens (primary N) is 1. The maximum atomic E-state index is 5.81. The smallest absolute Gasteiger partial charge is 0.193 e. The van der Waals surface area contributed by atoms with Gasteiger partial charge in [-0.25, -0.2) is 0 Å². The van der Waals surface area contributed by atoms with Gasteiger partial charge in [0.1, 0.15) is 11.5 Å². The molecule has 104 valence electrons. The van der Waals surface area contributed by atoms with E-state index >= 15 is 0 Å². The molecule has 20 heavy (non-hydrogen) atoms. The second-order valence-corrected chi connectivity index (χ2v) is 4.68. The van der Waals surface area contributed by atoms with Gasteiger partial charge in [-0.15, -0.1) is 0 Å². The molecule has 4 nitrogen and oxygen atoms in total. The summed E-state index contributed by atoms with van der Waals surface area (Å²) in [6.07, 6.45) is 0. The van der Waals surface area contributed by atoms with Crippen molar-refractivity contribution in [3.8, 4) is 11.5 Å². The zero-order chi connectivity index (χ0) is 14.4. The molecule has 2 aromatic rings. The first-order valence-corrected chi connectivity index (χ1v) is 6.57. The molecule has 0 aromatic heterocycles. The maximum absolute atomic E-state index is 5.81. The van der Waals surface area contributed by atoms with E-state index in [1.807, 2.05) is 68.4 Å². The molecule has 0 saturated carbocycles. The Morgan fingerprint density at radius 2 is 1.75 bits per heavy atom. The lowest BCUT2D eigenvalue weighted by atomic mass is 10.3. The lowest BCUT2D eigenvalue weighted by molar-refractivity contribution is 0.483. The average Bonchev–Trinajstić information content (AvgIpc) is 2.39. The molecule has 0 atom stereocenters. The molecule has 2 aromatic carbocycles. The van der Waals surface area contributed by atoms with Crippen LogP contribution in [0.1, 0.15) is 13.8 Å². The van der Waals surface area contributed by atoms with Gasteiger partial charge in [-0.1, -0.05) is 24.3 Å². The second-order valence-electron chi connectivity index (χ2n) is 4.68. The van der Waals surface area contributed by atoms with Crippen LogP contribution < -0.4 is 15.8 Å². The number of guanidine groups is 1. The van der Waals surface area contributed by atoms with E-state index in [4.69, 9.17) is 10.5 Å². The quantitative estimate of drug-likeness (QED) is 0.658. The van der Waals surface area contributed by atoms with E-state index in [1.165, 1.54) is 0 Å². The van der Waals surface area contributed by atoms with Gasteiger partial charge in [-0.2, -0.15) is 0 Å². The van der Waals surface area contributed by atoms with E-state index in [1.54, 1.807) is 0 Å². The minimum absolute atomic E-state index is 0.159. The molecule has 0 aliphatic heterocycles. The largest absolute Gasteiger partial charge is 0.457 e. The van der Waals surface area contributed by atoms with Gasteiger partial charge in [0, 0.05) is 17.8 Å². The minimum Gasteiger partial charge on any atom is -0.457 e. The fourth-order valence-corrected chi connectivity index (χ4v) is 1.72.